The van der Waals surface area contributed by atoms with Crippen molar-refractivity contribution in [1.82, 2.24) is 9.97 Å². The van der Waals surface area contributed by atoms with Crippen molar-refractivity contribution in [3.05, 3.63) is 35.3 Å². The van der Waals surface area contributed by atoms with E-state index in [4.69, 9.17) is 11.5 Å². The Kier molecular flexibility index (Phi) is 3.96. The molecule has 20 heavy (non-hydrogen) atoms. The molecule has 0 bridgehead atoms. The topological polar surface area (TPSA) is 93.1 Å². The number of aromatic nitrogens is 2. The van der Waals surface area contributed by atoms with Crippen molar-refractivity contribution in [2.45, 2.75) is 6.92 Å². The van der Waals surface area contributed by atoms with Crippen molar-refractivity contribution in [3.63, 3.8) is 0 Å². The molecule has 0 unspecified atom stereocenters. The SMILES string of the molecule is Cc1cccc2c(-c3csc(N=C(N)N)n3)c[nH]c12.Cl. The number of nitrogens with one attached hydrogen (secondary N) is 1. The van der Waals surface area contributed by atoms with Crippen LogP contribution >= 0.6 is 23.7 Å². The minimum atomic E-state index is 0. The summed E-state index contributed by atoms with van der Waals surface area (Å²) in [7, 11) is 0. The van der Waals surface area contributed by atoms with Crippen molar-refractivity contribution in [1.29, 1.82) is 0 Å². The van der Waals surface area contributed by atoms with E-state index in [1.807, 2.05) is 17.6 Å². The molecule has 0 saturated heterocycles. The number of nitrogens with zero attached hydrogens (tertiary/aromatic N) is 2. The second-order valence-electron chi connectivity index (χ2n) is 4.25. The lowest BCUT2D eigenvalue weighted by Crippen LogP contribution is -2.21. The van der Waals surface area contributed by atoms with Crippen LogP contribution in [0.25, 0.3) is 22.2 Å². The Labute approximate surface area is 126 Å². The third-order valence-electron chi connectivity index (χ3n) is 2.92. The van der Waals surface area contributed by atoms with Gasteiger partial charge in [0.15, 0.2) is 5.96 Å². The van der Waals surface area contributed by atoms with Crippen molar-refractivity contribution < 1.29 is 0 Å². The highest BCUT2D eigenvalue weighted by Gasteiger charge is 2.10. The Balaban J connectivity index is 0.00000147. The first-order valence-electron chi connectivity index (χ1n) is 5.77. The predicted octanol–water partition coefficient (Wildman–Crippen LogP) is 2.93. The van der Waals surface area contributed by atoms with Crippen LogP contribution < -0.4 is 11.5 Å². The lowest BCUT2D eigenvalue weighted by Gasteiger charge is -1.96. The maximum atomic E-state index is 5.35. The van der Waals surface area contributed by atoms with Gasteiger partial charge in [-0.05, 0) is 12.5 Å². The van der Waals surface area contributed by atoms with E-state index in [2.05, 4.69) is 34.0 Å². The first kappa shape index (κ1) is 14.4. The van der Waals surface area contributed by atoms with Gasteiger partial charge >= 0.3 is 0 Å². The number of guanidine groups is 1. The number of hydrogen-bond acceptors (Lipinski definition) is 3. The summed E-state index contributed by atoms with van der Waals surface area (Å²) in [4.78, 5) is 11.7. The molecule has 5 nitrogen and oxygen atoms in total. The number of para-hydroxylation sites is 1. The molecule has 7 heteroatoms. The molecule has 3 aromatic rings. The van der Waals surface area contributed by atoms with Crippen LogP contribution in [0.1, 0.15) is 5.56 Å². The highest BCUT2D eigenvalue weighted by molar-refractivity contribution is 7.13. The maximum absolute atomic E-state index is 5.35. The quantitative estimate of drug-likeness (QED) is 0.502. The predicted molar refractivity (Wildman–Crippen MR) is 86.9 cm³/mol. The molecule has 0 amide bonds. The third-order valence-corrected chi connectivity index (χ3v) is 3.65. The van der Waals surface area contributed by atoms with Gasteiger partial charge in [0.25, 0.3) is 0 Å². The lowest BCUT2D eigenvalue weighted by molar-refractivity contribution is 1.33. The van der Waals surface area contributed by atoms with Crippen LogP contribution in [0.4, 0.5) is 5.13 Å². The largest absolute Gasteiger partial charge is 0.370 e. The summed E-state index contributed by atoms with van der Waals surface area (Å²) >= 11 is 1.42. The van der Waals surface area contributed by atoms with Crippen molar-refractivity contribution in [3.8, 4) is 11.3 Å². The van der Waals surface area contributed by atoms with E-state index in [0.29, 0.717) is 5.13 Å². The number of aliphatic imine (C=N–C) groups is 1. The Hall–Kier alpha value is -2.05. The molecule has 0 fully saturated rings. The summed E-state index contributed by atoms with van der Waals surface area (Å²) in [5, 5.41) is 3.67. The van der Waals surface area contributed by atoms with E-state index in [9.17, 15) is 0 Å². The number of hydrogen-bond donors (Lipinski definition) is 3. The standard InChI is InChI=1S/C13H13N5S.ClH/c1-7-3-2-4-8-9(5-16-11(7)8)10-6-19-13(17-10)18-12(14)15;/h2-6,16H,1H3,(H4,14,15,17,18);1H. The maximum Gasteiger partial charge on any atom is 0.212 e. The number of H-pyrrole nitrogens is 1. The summed E-state index contributed by atoms with van der Waals surface area (Å²) in [6, 6.07) is 6.20. The molecule has 2 aromatic heterocycles. The van der Waals surface area contributed by atoms with Crippen molar-refractivity contribution >= 4 is 45.7 Å². The first-order chi connectivity index (χ1) is 9.15. The van der Waals surface area contributed by atoms with E-state index >= 15 is 0 Å². The average molecular weight is 308 g/mol. The number of benzene rings is 1. The van der Waals surface area contributed by atoms with Gasteiger partial charge in [0.2, 0.25) is 5.13 Å². The molecule has 104 valence electrons. The zero-order valence-corrected chi connectivity index (χ0v) is 12.4. The Bertz CT molecular complexity index is 770. The second-order valence-corrected chi connectivity index (χ2v) is 5.09. The van der Waals surface area contributed by atoms with E-state index in [-0.39, 0.29) is 18.4 Å². The zero-order valence-electron chi connectivity index (χ0n) is 10.8. The molecule has 2 heterocycles. The Morgan fingerprint density at radius 1 is 1.35 bits per heavy atom. The molecule has 3 rings (SSSR count). The first-order valence-corrected chi connectivity index (χ1v) is 6.65. The van der Waals surface area contributed by atoms with Crippen LogP contribution in [0, 0.1) is 6.92 Å². The Morgan fingerprint density at radius 2 is 2.15 bits per heavy atom. The summed E-state index contributed by atoms with van der Waals surface area (Å²) < 4.78 is 0. The summed E-state index contributed by atoms with van der Waals surface area (Å²) in [6.45, 7) is 2.08. The fraction of sp³-hybridized carbons (Fsp3) is 0.0769. The van der Waals surface area contributed by atoms with E-state index in [1.165, 1.54) is 16.9 Å². The van der Waals surface area contributed by atoms with Gasteiger partial charge in [-0.2, -0.15) is 4.99 Å². The molecule has 0 saturated carbocycles. The molecule has 0 aliphatic heterocycles. The average Bonchev–Trinajstić information content (AvgIpc) is 2.95. The highest BCUT2D eigenvalue weighted by atomic mass is 35.5. The minimum absolute atomic E-state index is 0. The monoisotopic (exact) mass is 307 g/mol. The van der Waals surface area contributed by atoms with Crippen LogP contribution in [-0.4, -0.2) is 15.9 Å². The van der Waals surface area contributed by atoms with Gasteiger partial charge in [-0.3, -0.25) is 0 Å². The molecule has 5 N–H and O–H groups in total. The fourth-order valence-corrected chi connectivity index (χ4v) is 2.77. The number of thiazole rings is 1. The minimum Gasteiger partial charge on any atom is -0.370 e. The van der Waals surface area contributed by atoms with Crippen LogP contribution in [-0.2, 0) is 0 Å². The number of nitrogens with two attached hydrogens (primary N) is 2. The van der Waals surface area contributed by atoms with Gasteiger partial charge in [0.05, 0.1) is 5.69 Å². The number of aryl methyl sites for hydroxylation is 1. The highest BCUT2D eigenvalue weighted by Crippen LogP contribution is 2.32. The van der Waals surface area contributed by atoms with Crippen LogP contribution in [0.2, 0.25) is 0 Å². The van der Waals surface area contributed by atoms with Crippen molar-refractivity contribution in [2.24, 2.45) is 16.5 Å². The molecule has 0 aliphatic carbocycles. The fourth-order valence-electron chi connectivity index (χ4n) is 2.07. The van der Waals surface area contributed by atoms with E-state index in [1.54, 1.807) is 0 Å². The molecular formula is C13H14ClN5S. The Morgan fingerprint density at radius 3 is 2.90 bits per heavy atom. The smallest absolute Gasteiger partial charge is 0.212 e. The second kappa shape index (κ2) is 5.52. The van der Waals surface area contributed by atoms with Gasteiger partial charge < -0.3 is 16.5 Å². The number of aromatic amines is 1. The molecule has 0 radical (unpaired) electrons. The van der Waals surface area contributed by atoms with Gasteiger partial charge in [-0.25, -0.2) is 4.98 Å². The lowest BCUT2D eigenvalue weighted by atomic mass is 10.1. The number of fused-ring (bicyclic) bond motifs is 1. The molecule has 0 spiro atoms. The van der Waals surface area contributed by atoms with Crippen LogP contribution in [0.3, 0.4) is 0 Å². The normalized spacial score (nSPS) is 10.2. The molecular weight excluding hydrogens is 294 g/mol. The van der Waals surface area contributed by atoms with Gasteiger partial charge in [-0.1, -0.05) is 18.2 Å². The third kappa shape index (κ3) is 2.48. The summed E-state index contributed by atoms with van der Waals surface area (Å²) in [5.41, 5.74) is 15.0. The summed E-state index contributed by atoms with van der Waals surface area (Å²) in [5.74, 6) is 0.0238. The molecule has 1 aromatic carbocycles. The van der Waals surface area contributed by atoms with Crippen LogP contribution in [0.15, 0.2) is 34.8 Å². The van der Waals surface area contributed by atoms with Gasteiger partial charge in [0.1, 0.15) is 0 Å². The van der Waals surface area contributed by atoms with Gasteiger partial charge in [-0.15, -0.1) is 23.7 Å². The number of rotatable bonds is 2. The molecule has 0 aliphatic rings. The van der Waals surface area contributed by atoms with Crippen LogP contribution in [0.5, 0.6) is 0 Å². The van der Waals surface area contributed by atoms with Gasteiger partial charge in [0, 0.05) is 28.0 Å². The zero-order chi connectivity index (χ0) is 13.4. The van der Waals surface area contributed by atoms with E-state index in [0.717, 1.165) is 22.2 Å². The summed E-state index contributed by atoms with van der Waals surface area (Å²) in [6.07, 6.45) is 1.96. The molecule has 0 atom stereocenters. The van der Waals surface area contributed by atoms with Crippen molar-refractivity contribution in [2.75, 3.05) is 0 Å². The van der Waals surface area contributed by atoms with E-state index < -0.39 is 0 Å². The number of halogens is 1.